The van der Waals surface area contributed by atoms with Gasteiger partial charge in [0.1, 0.15) is 0 Å². The van der Waals surface area contributed by atoms with Gasteiger partial charge in [-0.05, 0) is 31.2 Å². The fourth-order valence-corrected chi connectivity index (χ4v) is 2.90. The first-order valence-electron chi connectivity index (χ1n) is 7.89. The fraction of sp³-hybridized carbons (Fsp3) is 0.750. The molecule has 118 valence electrons. The van der Waals surface area contributed by atoms with E-state index in [1.165, 1.54) is 0 Å². The van der Waals surface area contributed by atoms with Crippen LogP contribution in [0.3, 0.4) is 0 Å². The monoisotopic (exact) mass is 292 g/mol. The van der Waals surface area contributed by atoms with Gasteiger partial charge in [-0.3, -0.25) is 4.79 Å². The molecular formula is C16H28N4O. The molecule has 1 fully saturated rings. The van der Waals surface area contributed by atoms with Crippen LogP contribution in [0.2, 0.25) is 0 Å². The molecule has 1 aromatic rings. The summed E-state index contributed by atoms with van der Waals surface area (Å²) in [6.07, 6.45) is 8.34. The van der Waals surface area contributed by atoms with Gasteiger partial charge >= 0.3 is 0 Å². The highest BCUT2D eigenvalue weighted by atomic mass is 16.2. The summed E-state index contributed by atoms with van der Waals surface area (Å²) in [6, 6.07) is 0.0741. The van der Waals surface area contributed by atoms with Gasteiger partial charge in [-0.1, -0.05) is 27.7 Å². The topological polar surface area (TPSA) is 59.0 Å². The van der Waals surface area contributed by atoms with Crippen molar-refractivity contribution in [2.45, 2.75) is 65.1 Å². The average Bonchev–Trinajstić information content (AvgIpc) is 3.08. The van der Waals surface area contributed by atoms with Gasteiger partial charge < -0.3 is 15.2 Å². The minimum absolute atomic E-state index is 0.00648. The highest BCUT2D eigenvalue weighted by Crippen LogP contribution is 2.26. The molecule has 0 spiro atoms. The van der Waals surface area contributed by atoms with Crippen molar-refractivity contribution in [2.75, 3.05) is 6.54 Å². The van der Waals surface area contributed by atoms with Crippen LogP contribution in [0.25, 0.3) is 0 Å². The molecule has 2 N–H and O–H groups in total. The Hall–Kier alpha value is -1.36. The molecule has 21 heavy (non-hydrogen) atoms. The second-order valence-corrected chi connectivity index (χ2v) is 7.12. The van der Waals surface area contributed by atoms with E-state index in [0.717, 1.165) is 32.4 Å². The zero-order chi connectivity index (χ0) is 15.5. The lowest BCUT2D eigenvalue weighted by Crippen LogP contribution is -2.58. The van der Waals surface area contributed by atoms with E-state index in [9.17, 15) is 4.79 Å². The number of nitrogens with zero attached hydrogens (tertiary/aromatic N) is 2. The van der Waals surface area contributed by atoms with Crippen molar-refractivity contribution in [3.63, 3.8) is 0 Å². The molecule has 2 unspecified atom stereocenters. The van der Waals surface area contributed by atoms with Gasteiger partial charge in [-0.2, -0.15) is 0 Å². The summed E-state index contributed by atoms with van der Waals surface area (Å²) >= 11 is 0. The maximum atomic E-state index is 12.8. The summed E-state index contributed by atoms with van der Waals surface area (Å²) in [5.41, 5.74) is -0.383. The lowest BCUT2D eigenvalue weighted by atomic mass is 9.85. The molecule has 1 aliphatic heterocycles. The quantitative estimate of drug-likeness (QED) is 0.872. The molecule has 1 aliphatic rings. The molecule has 2 heterocycles. The van der Waals surface area contributed by atoms with E-state index < -0.39 is 0 Å². The third-order valence-electron chi connectivity index (χ3n) is 4.59. The van der Waals surface area contributed by atoms with Crippen LogP contribution in [-0.2, 0) is 11.3 Å². The van der Waals surface area contributed by atoms with Crippen molar-refractivity contribution in [3.05, 3.63) is 18.7 Å². The summed E-state index contributed by atoms with van der Waals surface area (Å²) in [7, 11) is 0. The van der Waals surface area contributed by atoms with Crippen molar-refractivity contribution < 1.29 is 4.79 Å². The van der Waals surface area contributed by atoms with Gasteiger partial charge in [0.25, 0.3) is 0 Å². The van der Waals surface area contributed by atoms with E-state index in [1.54, 1.807) is 12.5 Å². The fourth-order valence-electron chi connectivity index (χ4n) is 2.90. The standard InChI is InChI=1S/C16H28N4O/c1-5-16(7-6-8-18-16)14(21)19-13(15(2,3)4)11-20-10-9-17-12-20/h9-10,12-13,18H,5-8,11H2,1-4H3,(H,19,21). The number of nitrogens with one attached hydrogen (secondary N) is 2. The van der Waals surface area contributed by atoms with Gasteiger partial charge in [-0.25, -0.2) is 4.98 Å². The summed E-state index contributed by atoms with van der Waals surface area (Å²) in [5, 5.41) is 6.68. The lowest BCUT2D eigenvalue weighted by Gasteiger charge is -2.36. The van der Waals surface area contributed by atoms with Gasteiger partial charge in [0, 0.05) is 18.9 Å². The number of rotatable bonds is 5. The molecule has 2 atom stereocenters. The Kier molecular flexibility index (Phi) is 4.71. The second kappa shape index (κ2) is 6.18. The SMILES string of the molecule is CCC1(C(=O)NC(Cn2ccnc2)C(C)(C)C)CCCN1. The first-order chi connectivity index (χ1) is 9.87. The molecule has 0 aromatic carbocycles. The molecule has 0 aliphatic carbocycles. The number of carbonyl (C=O) groups is 1. The van der Waals surface area contributed by atoms with Crippen LogP contribution >= 0.6 is 0 Å². The largest absolute Gasteiger partial charge is 0.349 e. The molecule has 5 nitrogen and oxygen atoms in total. The van der Waals surface area contributed by atoms with Crippen LogP contribution in [0.1, 0.15) is 47.0 Å². The van der Waals surface area contributed by atoms with Gasteiger partial charge in [0.05, 0.1) is 17.9 Å². The predicted molar refractivity (Wildman–Crippen MR) is 83.9 cm³/mol. The Bertz CT molecular complexity index is 455. The lowest BCUT2D eigenvalue weighted by molar-refractivity contribution is -0.129. The molecule has 0 radical (unpaired) electrons. The van der Waals surface area contributed by atoms with Crippen LogP contribution in [0.5, 0.6) is 0 Å². The molecule has 1 amide bonds. The van der Waals surface area contributed by atoms with Crippen molar-refractivity contribution in [2.24, 2.45) is 5.41 Å². The Morgan fingerprint density at radius 3 is 2.76 bits per heavy atom. The molecule has 5 heteroatoms. The van der Waals surface area contributed by atoms with Crippen LogP contribution < -0.4 is 10.6 Å². The Morgan fingerprint density at radius 1 is 1.52 bits per heavy atom. The van der Waals surface area contributed by atoms with Crippen LogP contribution in [0.4, 0.5) is 0 Å². The Morgan fingerprint density at radius 2 is 2.29 bits per heavy atom. The highest BCUT2D eigenvalue weighted by Gasteiger charge is 2.41. The van der Waals surface area contributed by atoms with Crippen molar-refractivity contribution >= 4 is 5.91 Å². The third-order valence-corrected chi connectivity index (χ3v) is 4.59. The maximum absolute atomic E-state index is 12.8. The van der Waals surface area contributed by atoms with Crippen molar-refractivity contribution in [1.29, 1.82) is 0 Å². The minimum Gasteiger partial charge on any atom is -0.349 e. The number of carbonyl (C=O) groups excluding carboxylic acids is 1. The van der Waals surface area contributed by atoms with E-state index in [-0.39, 0.29) is 22.9 Å². The molecule has 1 saturated heterocycles. The Balaban J connectivity index is 2.09. The van der Waals surface area contributed by atoms with Crippen LogP contribution in [0, 0.1) is 5.41 Å². The van der Waals surface area contributed by atoms with Gasteiger partial charge in [-0.15, -0.1) is 0 Å². The average molecular weight is 292 g/mol. The normalized spacial score (nSPS) is 24.0. The summed E-state index contributed by atoms with van der Waals surface area (Å²) < 4.78 is 2.02. The van der Waals surface area contributed by atoms with E-state index in [4.69, 9.17) is 0 Å². The molecule has 0 saturated carbocycles. The van der Waals surface area contributed by atoms with Gasteiger partial charge in [0.15, 0.2) is 0 Å². The molecule has 0 bridgehead atoms. The number of amides is 1. The number of hydrogen-bond acceptors (Lipinski definition) is 3. The third kappa shape index (κ3) is 3.64. The first kappa shape index (κ1) is 16.0. The number of aromatic nitrogens is 2. The van der Waals surface area contributed by atoms with Crippen molar-refractivity contribution in [1.82, 2.24) is 20.2 Å². The first-order valence-corrected chi connectivity index (χ1v) is 7.89. The van der Waals surface area contributed by atoms with E-state index >= 15 is 0 Å². The highest BCUT2D eigenvalue weighted by molar-refractivity contribution is 5.87. The summed E-state index contributed by atoms with van der Waals surface area (Å²) in [6.45, 7) is 10.2. The predicted octanol–water partition coefficient (Wildman–Crippen LogP) is 1.95. The van der Waals surface area contributed by atoms with E-state index in [0.29, 0.717) is 0 Å². The van der Waals surface area contributed by atoms with Crippen LogP contribution in [0.15, 0.2) is 18.7 Å². The number of imidazole rings is 1. The maximum Gasteiger partial charge on any atom is 0.240 e. The molecule has 2 rings (SSSR count). The Labute approximate surface area is 127 Å². The molecule has 1 aromatic heterocycles. The van der Waals surface area contributed by atoms with E-state index in [2.05, 4.69) is 43.3 Å². The zero-order valence-electron chi connectivity index (χ0n) is 13.6. The smallest absolute Gasteiger partial charge is 0.240 e. The zero-order valence-corrected chi connectivity index (χ0v) is 13.6. The molecular weight excluding hydrogens is 264 g/mol. The van der Waals surface area contributed by atoms with Crippen molar-refractivity contribution in [3.8, 4) is 0 Å². The van der Waals surface area contributed by atoms with Crippen LogP contribution in [-0.4, -0.2) is 33.6 Å². The second-order valence-electron chi connectivity index (χ2n) is 7.12. The summed E-state index contributed by atoms with van der Waals surface area (Å²) in [5.74, 6) is 0.141. The minimum atomic E-state index is -0.377. The van der Waals surface area contributed by atoms with E-state index in [1.807, 2.05) is 10.8 Å². The number of hydrogen-bond donors (Lipinski definition) is 2. The summed E-state index contributed by atoms with van der Waals surface area (Å²) in [4.78, 5) is 16.9. The van der Waals surface area contributed by atoms with Gasteiger partial charge in [0.2, 0.25) is 5.91 Å².